The molecule has 4 aromatic rings. The van der Waals surface area contributed by atoms with Gasteiger partial charge in [-0.2, -0.15) is 0 Å². The Morgan fingerprint density at radius 1 is 0.878 bits per heavy atom. The number of amides is 3. The highest BCUT2D eigenvalue weighted by Crippen LogP contribution is 2.20. The lowest BCUT2D eigenvalue weighted by Crippen LogP contribution is -2.55. The van der Waals surface area contributed by atoms with Gasteiger partial charge >= 0.3 is 6.09 Å². The van der Waals surface area contributed by atoms with Gasteiger partial charge in [0.25, 0.3) is 0 Å². The van der Waals surface area contributed by atoms with Crippen LogP contribution in [0, 0.1) is 5.92 Å². The first-order valence-electron chi connectivity index (χ1n) is 13.9. The maximum absolute atomic E-state index is 13.7. The minimum absolute atomic E-state index is 0.0652. The molecule has 0 aliphatic carbocycles. The van der Waals surface area contributed by atoms with Gasteiger partial charge in [-0.05, 0) is 27.8 Å². The van der Waals surface area contributed by atoms with Gasteiger partial charge in [0, 0.05) is 31.3 Å². The number of fused-ring (bicyclic) bond motifs is 1. The Labute approximate surface area is 240 Å². The van der Waals surface area contributed by atoms with Crippen molar-refractivity contribution in [3.63, 3.8) is 0 Å². The summed E-state index contributed by atoms with van der Waals surface area (Å²) in [5.74, 6) is -0.496. The van der Waals surface area contributed by atoms with Gasteiger partial charge in [0.2, 0.25) is 11.8 Å². The van der Waals surface area contributed by atoms with Crippen LogP contribution < -0.4 is 16.0 Å². The molecule has 9 heteroatoms. The van der Waals surface area contributed by atoms with E-state index in [4.69, 9.17) is 4.74 Å². The van der Waals surface area contributed by atoms with Crippen molar-refractivity contribution in [3.05, 3.63) is 102 Å². The van der Waals surface area contributed by atoms with Gasteiger partial charge in [0.1, 0.15) is 18.7 Å². The molecule has 2 unspecified atom stereocenters. The molecule has 0 saturated heterocycles. The van der Waals surface area contributed by atoms with E-state index in [2.05, 4.69) is 32.8 Å². The van der Waals surface area contributed by atoms with Crippen LogP contribution in [0.15, 0.2) is 85.3 Å². The molecule has 0 aliphatic heterocycles. The summed E-state index contributed by atoms with van der Waals surface area (Å²) in [5.41, 5.74) is 2.42. The van der Waals surface area contributed by atoms with Crippen molar-refractivity contribution in [2.24, 2.45) is 5.92 Å². The number of carbonyl (C=O) groups excluding carboxylic acids is 3. The van der Waals surface area contributed by atoms with Gasteiger partial charge in [-0.1, -0.05) is 93.1 Å². The second-order valence-electron chi connectivity index (χ2n) is 10.2. The fourth-order valence-corrected chi connectivity index (χ4v) is 4.45. The molecule has 1 heterocycles. The summed E-state index contributed by atoms with van der Waals surface area (Å²) < 4.78 is 5.43. The highest BCUT2D eigenvalue weighted by atomic mass is 16.5. The highest BCUT2D eigenvalue weighted by molar-refractivity contribution is 5.92. The molecule has 0 radical (unpaired) electrons. The summed E-state index contributed by atoms with van der Waals surface area (Å²) in [5, 5.41) is 10.6. The van der Waals surface area contributed by atoms with Crippen molar-refractivity contribution >= 4 is 28.7 Å². The molecule has 0 fully saturated rings. The van der Waals surface area contributed by atoms with Crippen molar-refractivity contribution in [1.29, 1.82) is 0 Å². The van der Waals surface area contributed by atoms with E-state index in [1.165, 1.54) is 6.33 Å². The maximum atomic E-state index is 13.7. The Morgan fingerprint density at radius 2 is 1.61 bits per heavy atom. The largest absolute Gasteiger partial charge is 0.445 e. The number of imidazole rings is 1. The fourth-order valence-electron chi connectivity index (χ4n) is 4.45. The first-order chi connectivity index (χ1) is 19.9. The third-order valence-electron chi connectivity index (χ3n) is 7.06. The summed E-state index contributed by atoms with van der Waals surface area (Å²) in [4.78, 5) is 46.8. The lowest BCUT2D eigenvalue weighted by atomic mass is 9.98. The van der Waals surface area contributed by atoms with Gasteiger partial charge < -0.3 is 25.7 Å². The number of hydrogen-bond donors (Lipinski definition) is 4. The molecule has 214 valence electrons. The number of nitrogens with zero attached hydrogens (tertiary/aromatic N) is 1. The van der Waals surface area contributed by atoms with E-state index in [-0.39, 0.29) is 25.4 Å². The SMILES string of the molecule is CCC(C)CNC(=O)C(Cc1cnc[nH]1)NC(=O)[C@@H](Cc1cccc2ccccc12)NC(=O)OCc1ccccc1. The molecule has 0 bridgehead atoms. The van der Waals surface area contributed by atoms with Crippen LogP contribution in [0.25, 0.3) is 10.8 Å². The number of carbonyl (C=O) groups is 3. The highest BCUT2D eigenvalue weighted by Gasteiger charge is 2.28. The maximum Gasteiger partial charge on any atom is 0.408 e. The molecular weight excluding hydrogens is 518 g/mol. The van der Waals surface area contributed by atoms with Crippen LogP contribution >= 0.6 is 0 Å². The zero-order chi connectivity index (χ0) is 29.0. The number of ether oxygens (including phenoxy) is 1. The zero-order valence-electron chi connectivity index (χ0n) is 23.4. The fraction of sp³-hybridized carbons (Fsp3) is 0.312. The van der Waals surface area contributed by atoms with Crippen LogP contribution in [-0.4, -0.2) is 46.5 Å². The Balaban J connectivity index is 1.53. The number of hydrogen-bond acceptors (Lipinski definition) is 5. The average Bonchev–Trinajstić information content (AvgIpc) is 3.52. The number of aromatic nitrogens is 2. The van der Waals surface area contributed by atoms with Gasteiger partial charge in [-0.25, -0.2) is 9.78 Å². The smallest absolute Gasteiger partial charge is 0.408 e. The minimum Gasteiger partial charge on any atom is -0.445 e. The summed E-state index contributed by atoms with van der Waals surface area (Å²) in [6, 6.07) is 21.2. The first kappa shape index (κ1) is 29.3. The van der Waals surface area contributed by atoms with E-state index < -0.39 is 24.1 Å². The molecule has 3 atom stereocenters. The van der Waals surface area contributed by atoms with Crippen LogP contribution in [0.2, 0.25) is 0 Å². The molecule has 3 aromatic carbocycles. The van der Waals surface area contributed by atoms with E-state index in [0.717, 1.165) is 28.3 Å². The molecule has 0 saturated carbocycles. The second kappa shape index (κ2) is 14.6. The average molecular weight is 556 g/mol. The van der Waals surface area contributed by atoms with Crippen LogP contribution in [0.4, 0.5) is 4.79 Å². The molecular formula is C32H37N5O4. The normalized spacial score (nSPS) is 13.1. The molecule has 0 spiro atoms. The molecule has 4 N–H and O–H groups in total. The number of rotatable bonds is 13. The van der Waals surface area contributed by atoms with Crippen LogP contribution in [0.3, 0.4) is 0 Å². The minimum atomic E-state index is -0.990. The first-order valence-corrected chi connectivity index (χ1v) is 13.9. The van der Waals surface area contributed by atoms with Crippen molar-refractivity contribution in [2.45, 2.75) is 51.8 Å². The predicted octanol–water partition coefficient (Wildman–Crippen LogP) is 4.29. The summed E-state index contributed by atoms with van der Waals surface area (Å²) in [6.07, 6.45) is 3.77. The molecule has 0 aliphatic rings. The van der Waals surface area contributed by atoms with Gasteiger partial charge in [-0.15, -0.1) is 0 Å². The molecule has 1 aromatic heterocycles. The number of nitrogens with one attached hydrogen (secondary N) is 4. The Kier molecular flexibility index (Phi) is 10.5. The third-order valence-corrected chi connectivity index (χ3v) is 7.06. The molecule has 3 amide bonds. The third kappa shape index (κ3) is 8.66. The summed E-state index contributed by atoms with van der Waals surface area (Å²) in [7, 11) is 0. The van der Waals surface area contributed by atoms with E-state index in [0.29, 0.717) is 18.2 Å². The van der Waals surface area contributed by atoms with Crippen molar-refractivity contribution < 1.29 is 19.1 Å². The number of alkyl carbamates (subject to hydrolysis) is 1. The van der Waals surface area contributed by atoms with E-state index in [1.807, 2.05) is 79.7 Å². The van der Waals surface area contributed by atoms with Gasteiger partial charge in [0.15, 0.2) is 0 Å². The van der Waals surface area contributed by atoms with E-state index in [9.17, 15) is 14.4 Å². The van der Waals surface area contributed by atoms with Crippen molar-refractivity contribution in [3.8, 4) is 0 Å². The summed E-state index contributed by atoms with van der Waals surface area (Å²) in [6.45, 7) is 4.67. The Morgan fingerprint density at radius 3 is 2.37 bits per heavy atom. The topological polar surface area (TPSA) is 125 Å². The Bertz CT molecular complexity index is 1420. The van der Waals surface area contributed by atoms with Crippen LogP contribution in [0.1, 0.15) is 37.1 Å². The summed E-state index contributed by atoms with van der Waals surface area (Å²) >= 11 is 0. The molecule has 4 rings (SSSR count). The lowest BCUT2D eigenvalue weighted by molar-refractivity contribution is -0.130. The van der Waals surface area contributed by atoms with E-state index in [1.54, 1.807) is 6.20 Å². The van der Waals surface area contributed by atoms with Crippen molar-refractivity contribution in [1.82, 2.24) is 25.9 Å². The van der Waals surface area contributed by atoms with Crippen LogP contribution in [-0.2, 0) is 33.8 Å². The van der Waals surface area contributed by atoms with Crippen molar-refractivity contribution in [2.75, 3.05) is 6.54 Å². The number of aromatic amines is 1. The van der Waals surface area contributed by atoms with Crippen LogP contribution in [0.5, 0.6) is 0 Å². The molecule has 41 heavy (non-hydrogen) atoms. The standard InChI is InChI=1S/C32H37N5O4/c1-3-22(2)18-34-30(38)29(17-26-19-33-21-35-26)36-31(39)28(37-32(40)41-20-23-10-5-4-6-11-23)16-25-14-9-13-24-12-7-8-15-27(24)25/h4-15,19,21-22,28-29H,3,16-18,20H2,1-2H3,(H,33,35)(H,34,38)(H,36,39)(H,37,40)/t22?,28-,29?/m1/s1. The van der Waals surface area contributed by atoms with E-state index >= 15 is 0 Å². The number of benzene rings is 3. The van der Waals surface area contributed by atoms with Gasteiger partial charge in [-0.3, -0.25) is 9.59 Å². The second-order valence-corrected chi connectivity index (χ2v) is 10.2. The number of H-pyrrole nitrogens is 1. The predicted molar refractivity (Wildman–Crippen MR) is 158 cm³/mol. The molecule has 9 nitrogen and oxygen atoms in total. The zero-order valence-corrected chi connectivity index (χ0v) is 23.4. The monoisotopic (exact) mass is 555 g/mol. The lowest BCUT2D eigenvalue weighted by Gasteiger charge is -2.24. The Hall–Kier alpha value is -4.66. The quantitative estimate of drug-likeness (QED) is 0.196. The van der Waals surface area contributed by atoms with Gasteiger partial charge in [0.05, 0.1) is 6.33 Å².